The van der Waals surface area contributed by atoms with Gasteiger partial charge >= 0.3 is 12.0 Å². The van der Waals surface area contributed by atoms with E-state index in [-0.39, 0.29) is 29.7 Å². The Morgan fingerprint density at radius 3 is 2.79 bits per heavy atom. The molecule has 3 rings (SSSR count). The molecular weight excluding hydrogens is 427 g/mol. The van der Waals surface area contributed by atoms with Gasteiger partial charge in [0.2, 0.25) is 0 Å². The fraction of sp³-hybridized carbons (Fsp3) is 0.667. The average Bonchev–Trinajstić information content (AvgIpc) is 2.99. The van der Waals surface area contributed by atoms with Crippen molar-refractivity contribution in [1.29, 1.82) is 0 Å². The highest BCUT2D eigenvalue weighted by molar-refractivity contribution is 5.73. The smallest absolute Gasteiger partial charge is 0.310 e. The molecule has 9 heteroatoms. The van der Waals surface area contributed by atoms with Gasteiger partial charge in [-0.3, -0.25) is 9.79 Å². The second-order valence-corrected chi connectivity index (χ2v) is 8.85. The second-order valence-electron chi connectivity index (χ2n) is 8.85. The van der Waals surface area contributed by atoms with E-state index in [9.17, 15) is 14.3 Å². The summed E-state index contributed by atoms with van der Waals surface area (Å²) in [5, 5.41) is 10.0. The van der Waals surface area contributed by atoms with Crippen LogP contribution in [0.4, 0.5) is 15.9 Å². The number of nitrogen functional groups attached to an aromatic ring is 1. The van der Waals surface area contributed by atoms with E-state index in [1.807, 2.05) is 13.8 Å². The van der Waals surface area contributed by atoms with Gasteiger partial charge in [-0.1, -0.05) is 32.6 Å². The van der Waals surface area contributed by atoms with E-state index in [2.05, 4.69) is 20.9 Å². The number of fused-ring (bicyclic) bond motifs is 1. The van der Waals surface area contributed by atoms with Crippen molar-refractivity contribution < 1.29 is 23.8 Å². The number of aliphatic hydroxyl groups is 1. The van der Waals surface area contributed by atoms with Crippen molar-refractivity contribution in [2.45, 2.75) is 83.0 Å². The number of carbonyl (C=O) groups is 1. The summed E-state index contributed by atoms with van der Waals surface area (Å²) in [7, 11) is 0. The Hall–Kier alpha value is -2.57. The molecule has 4 atom stereocenters. The van der Waals surface area contributed by atoms with Crippen LogP contribution < -0.4 is 5.73 Å². The lowest BCUT2D eigenvalue weighted by Gasteiger charge is -2.28. The molecule has 0 spiro atoms. The van der Waals surface area contributed by atoms with E-state index in [1.165, 1.54) is 0 Å². The Morgan fingerprint density at radius 2 is 2.15 bits per heavy atom. The van der Waals surface area contributed by atoms with Gasteiger partial charge in [0.25, 0.3) is 0 Å². The Bertz CT molecular complexity index is 912. The summed E-state index contributed by atoms with van der Waals surface area (Å²) in [4.78, 5) is 24.6. The van der Waals surface area contributed by atoms with Gasteiger partial charge in [-0.05, 0) is 38.0 Å². The highest BCUT2D eigenvalue weighted by atomic mass is 19.1. The molecule has 1 saturated heterocycles. The molecule has 0 bridgehead atoms. The van der Waals surface area contributed by atoms with Crippen molar-refractivity contribution in [3.8, 4) is 12.3 Å². The van der Waals surface area contributed by atoms with Gasteiger partial charge in [-0.2, -0.15) is 9.37 Å². The first-order chi connectivity index (χ1) is 15.9. The van der Waals surface area contributed by atoms with Crippen LogP contribution in [0.2, 0.25) is 0 Å². The SMILES string of the molecule is C#C[C@]1(CO)O[C@@H](CC2C=Nc3c(N)nc(F)nc3CC2)C[C@@H]1OC(=O)C(CCC)CCC. The van der Waals surface area contributed by atoms with Crippen molar-refractivity contribution in [1.82, 2.24) is 9.97 Å². The minimum atomic E-state index is -1.37. The lowest BCUT2D eigenvalue weighted by atomic mass is 9.93. The van der Waals surface area contributed by atoms with Crippen molar-refractivity contribution in [3.63, 3.8) is 0 Å². The van der Waals surface area contributed by atoms with Crippen molar-refractivity contribution in [2.24, 2.45) is 16.8 Å². The summed E-state index contributed by atoms with van der Waals surface area (Å²) in [5.74, 6) is 2.06. The highest BCUT2D eigenvalue weighted by Gasteiger charge is 2.50. The number of aryl methyl sites for hydroxylation is 1. The Kier molecular flexibility index (Phi) is 8.38. The average molecular weight is 461 g/mol. The molecular formula is C24H33FN4O4. The molecule has 1 aromatic rings. The molecule has 0 amide bonds. The quantitative estimate of drug-likeness (QED) is 0.330. The zero-order valence-corrected chi connectivity index (χ0v) is 19.3. The third-order valence-corrected chi connectivity index (χ3v) is 6.41. The van der Waals surface area contributed by atoms with Gasteiger partial charge in [0.05, 0.1) is 24.3 Å². The first kappa shape index (κ1) is 25.1. The molecule has 0 saturated carbocycles. The number of anilines is 1. The summed E-state index contributed by atoms with van der Waals surface area (Å²) in [6.45, 7) is 3.62. The number of aliphatic hydroxyl groups excluding tert-OH is 1. The maximum atomic E-state index is 13.5. The van der Waals surface area contributed by atoms with E-state index >= 15 is 0 Å². The number of hydrogen-bond donors (Lipinski definition) is 2. The number of aliphatic imine (C=N–C) groups is 1. The number of carbonyl (C=O) groups excluding carboxylic acids is 1. The van der Waals surface area contributed by atoms with Gasteiger partial charge < -0.3 is 20.3 Å². The van der Waals surface area contributed by atoms with Crippen LogP contribution in [-0.2, 0) is 20.7 Å². The third kappa shape index (κ3) is 5.68. The number of aromatic nitrogens is 2. The fourth-order valence-electron chi connectivity index (χ4n) is 4.66. The van der Waals surface area contributed by atoms with E-state index in [1.54, 1.807) is 6.21 Å². The highest BCUT2D eigenvalue weighted by Crippen LogP contribution is 2.38. The molecule has 1 unspecified atom stereocenters. The van der Waals surface area contributed by atoms with Crippen molar-refractivity contribution in [3.05, 3.63) is 11.8 Å². The normalized spacial score (nSPS) is 26.6. The summed E-state index contributed by atoms with van der Waals surface area (Å²) in [6, 6.07) is 0. The molecule has 8 nitrogen and oxygen atoms in total. The molecule has 2 aliphatic heterocycles. The van der Waals surface area contributed by atoms with Gasteiger partial charge in [0, 0.05) is 12.6 Å². The van der Waals surface area contributed by atoms with Crippen LogP contribution in [-0.4, -0.2) is 51.7 Å². The minimum Gasteiger partial charge on any atom is -0.458 e. The predicted octanol–water partition coefficient (Wildman–Crippen LogP) is 3.13. The number of hydrogen-bond acceptors (Lipinski definition) is 8. The van der Waals surface area contributed by atoms with Crippen LogP contribution in [0, 0.1) is 30.3 Å². The van der Waals surface area contributed by atoms with Gasteiger partial charge in [-0.25, -0.2) is 4.98 Å². The van der Waals surface area contributed by atoms with Crippen LogP contribution in [0.1, 0.15) is 64.5 Å². The predicted molar refractivity (Wildman–Crippen MR) is 122 cm³/mol. The molecule has 2 aliphatic rings. The van der Waals surface area contributed by atoms with Crippen molar-refractivity contribution >= 4 is 23.7 Å². The zero-order chi connectivity index (χ0) is 24.0. The lowest BCUT2D eigenvalue weighted by Crippen LogP contribution is -2.45. The Labute approximate surface area is 194 Å². The molecule has 0 aromatic carbocycles. The number of terminal acetylenes is 1. The minimum absolute atomic E-state index is 0.0109. The first-order valence-electron chi connectivity index (χ1n) is 11.7. The standard InChI is InChI=1S/C24H33FN4O4/c1-4-7-16(8-5-2)22(31)32-19-12-17(33-24(19,6-3)14-30)11-15-9-10-18-20(27-13-15)21(26)29-23(25)28-18/h3,13,15-17,19,30H,4-5,7-12,14H2,1-2H3,(H2,26,28,29)/t15?,17-,19-,24+/m0/s1. The second kappa shape index (κ2) is 11.0. The third-order valence-electron chi connectivity index (χ3n) is 6.41. The Morgan fingerprint density at radius 1 is 1.42 bits per heavy atom. The van der Waals surface area contributed by atoms with Gasteiger partial charge in [0.15, 0.2) is 11.4 Å². The van der Waals surface area contributed by atoms with E-state index in [0.717, 1.165) is 25.7 Å². The van der Waals surface area contributed by atoms with Crippen LogP contribution >= 0.6 is 0 Å². The largest absolute Gasteiger partial charge is 0.458 e. The molecule has 3 heterocycles. The maximum absolute atomic E-state index is 13.5. The Balaban J connectivity index is 1.69. The van der Waals surface area contributed by atoms with Crippen molar-refractivity contribution in [2.75, 3.05) is 12.3 Å². The molecule has 0 radical (unpaired) electrons. The zero-order valence-electron chi connectivity index (χ0n) is 19.3. The molecule has 180 valence electrons. The molecule has 1 aromatic heterocycles. The topological polar surface area (TPSA) is 120 Å². The number of ether oxygens (including phenoxy) is 2. The number of nitrogens with two attached hydrogens (primary N) is 1. The molecule has 0 aliphatic carbocycles. The summed E-state index contributed by atoms with van der Waals surface area (Å²) in [6.07, 6.45) is 10.9. The summed E-state index contributed by atoms with van der Waals surface area (Å²) < 4.78 is 25.4. The first-order valence-corrected chi connectivity index (χ1v) is 11.7. The maximum Gasteiger partial charge on any atom is 0.310 e. The van der Waals surface area contributed by atoms with Crippen LogP contribution in [0.5, 0.6) is 0 Å². The lowest BCUT2D eigenvalue weighted by molar-refractivity contribution is -0.163. The van der Waals surface area contributed by atoms with Crippen LogP contribution in [0.3, 0.4) is 0 Å². The molecule has 3 N–H and O–H groups in total. The van der Waals surface area contributed by atoms with Gasteiger partial charge in [0.1, 0.15) is 11.8 Å². The summed E-state index contributed by atoms with van der Waals surface area (Å²) >= 11 is 0. The summed E-state index contributed by atoms with van der Waals surface area (Å²) in [5.41, 5.74) is 5.30. The molecule has 1 fully saturated rings. The monoisotopic (exact) mass is 460 g/mol. The van der Waals surface area contributed by atoms with Gasteiger partial charge in [-0.15, -0.1) is 6.42 Å². The van der Waals surface area contributed by atoms with Crippen LogP contribution in [0.25, 0.3) is 0 Å². The van der Waals surface area contributed by atoms with E-state index < -0.39 is 24.4 Å². The number of nitrogens with zero attached hydrogens (tertiary/aromatic N) is 3. The molecule has 33 heavy (non-hydrogen) atoms. The van der Waals surface area contributed by atoms with E-state index in [0.29, 0.717) is 37.1 Å². The van der Waals surface area contributed by atoms with Crippen LogP contribution in [0.15, 0.2) is 4.99 Å². The van der Waals surface area contributed by atoms with E-state index in [4.69, 9.17) is 21.6 Å². The number of halogens is 1. The fourth-order valence-corrected chi connectivity index (χ4v) is 4.66. The number of esters is 1. The number of rotatable bonds is 9.